The fourth-order valence-electron chi connectivity index (χ4n) is 5.39. The minimum absolute atomic E-state index is 0.107. The van der Waals surface area contributed by atoms with E-state index in [0.29, 0.717) is 47.2 Å². The van der Waals surface area contributed by atoms with Crippen molar-refractivity contribution in [3.8, 4) is 11.5 Å². The summed E-state index contributed by atoms with van der Waals surface area (Å²) in [4.78, 5) is 16.1. The van der Waals surface area contributed by atoms with Gasteiger partial charge in [-0.15, -0.1) is 0 Å². The number of nitrogens with one attached hydrogen (secondary N) is 1. The second-order valence-electron chi connectivity index (χ2n) is 9.98. The van der Waals surface area contributed by atoms with Gasteiger partial charge >= 0.3 is 0 Å². The molecule has 4 aromatic rings. The maximum atomic E-state index is 14.4. The molecule has 0 fully saturated rings. The van der Waals surface area contributed by atoms with Crippen LogP contribution in [0.4, 0.5) is 11.4 Å². The van der Waals surface area contributed by atoms with Gasteiger partial charge in [0.2, 0.25) is 5.88 Å². The lowest BCUT2D eigenvalue weighted by Crippen LogP contribution is -2.40. The molecule has 0 aliphatic carbocycles. The molecule has 0 radical (unpaired) electrons. The highest BCUT2D eigenvalue weighted by atomic mass is 35.5. The van der Waals surface area contributed by atoms with E-state index >= 15 is 0 Å². The minimum atomic E-state index is -1.44. The Balaban J connectivity index is 1.59. The number of aliphatic hydroxyl groups is 2. The Labute approximate surface area is 244 Å². The Morgan fingerprint density at radius 2 is 1.73 bits per heavy atom. The second kappa shape index (κ2) is 12.1. The number of nitrogens with zero attached hydrogens (tertiary/aromatic N) is 1. The zero-order valence-electron chi connectivity index (χ0n) is 23.2. The first-order valence-electron chi connectivity index (χ1n) is 13.5. The Morgan fingerprint density at radius 1 is 1.00 bits per heavy atom. The Kier molecular flexibility index (Phi) is 8.38. The number of ether oxygens (including phenoxy) is 2. The van der Waals surface area contributed by atoms with Crippen LogP contribution in [0.2, 0.25) is 5.02 Å². The maximum Gasteiger partial charge on any atom is 0.201 e. The summed E-state index contributed by atoms with van der Waals surface area (Å²) in [5.74, 6) is 0.0234. The number of carbonyl (C=O) groups is 1. The van der Waals surface area contributed by atoms with Gasteiger partial charge in [-0.2, -0.15) is 0 Å². The van der Waals surface area contributed by atoms with E-state index in [-0.39, 0.29) is 11.5 Å². The highest BCUT2D eigenvalue weighted by Crippen LogP contribution is 2.48. The number of anilines is 2. The van der Waals surface area contributed by atoms with E-state index in [0.717, 1.165) is 22.0 Å². The van der Waals surface area contributed by atoms with Gasteiger partial charge in [0, 0.05) is 23.7 Å². The van der Waals surface area contributed by atoms with E-state index in [4.69, 9.17) is 21.1 Å². The number of carbonyl (C=O) groups excluding carboxylic acids is 1. The Morgan fingerprint density at radius 3 is 2.41 bits per heavy atom. The number of hydrogen-bond acceptors (Lipinski definition) is 7. The number of methoxy groups -OCH3 is 2. The Hall–Kier alpha value is -4.20. The molecule has 1 aliphatic rings. The lowest BCUT2D eigenvalue weighted by atomic mass is 9.87. The van der Waals surface area contributed by atoms with Crippen LogP contribution in [0, 0.1) is 0 Å². The number of Topliss-reactive ketones (excluding diaryl/α,β-unsaturated/α-hetero) is 1. The molecule has 2 atom stereocenters. The predicted octanol–water partition coefficient (Wildman–Crippen LogP) is 6.84. The molecule has 212 valence electrons. The second-order valence-corrected chi connectivity index (χ2v) is 10.4. The van der Waals surface area contributed by atoms with Crippen LogP contribution in [0.3, 0.4) is 0 Å². The number of rotatable bonds is 10. The van der Waals surface area contributed by atoms with Crippen molar-refractivity contribution in [2.24, 2.45) is 0 Å². The van der Waals surface area contributed by atoms with Gasteiger partial charge in [0.1, 0.15) is 6.10 Å². The summed E-state index contributed by atoms with van der Waals surface area (Å²) < 4.78 is 11.1. The summed E-state index contributed by atoms with van der Waals surface area (Å²) in [6.45, 7) is 2.41. The predicted molar refractivity (Wildman–Crippen MR) is 163 cm³/mol. The van der Waals surface area contributed by atoms with Gasteiger partial charge in [0.15, 0.2) is 17.3 Å². The molecule has 41 heavy (non-hydrogen) atoms. The number of halogens is 1. The first-order chi connectivity index (χ1) is 19.9. The van der Waals surface area contributed by atoms with Crippen molar-refractivity contribution in [3.63, 3.8) is 0 Å². The molecule has 2 unspecified atom stereocenters. The average Bonchev–Trinajstić information content (AvgIpc) is 2.99. The summed E-state index contributed by atoms with van der Waals surface area (Å²) in [7, 11) is 3.00. The van der Waals surface area contributed by atoms with Gasteiger partial charge < -0.3 is 29.9 Å². The SMILES string of the molecule is CCCN1C(O)=C(C(=O)C(Cc2ccc(Cl)cc2)Nc2ccc3ccccc3c2)C(O)c2c1ccc(OC)c2OC. The molecule has 3 N–H and O–H groups in total. The minimum Gasteiger partial charge on any atom is -0.494 e. The van der Waals surface area contributed by atoms with Gasteiger partial charge in [0.25, 0.3) is 0 Å². The fraction of sp³-hybridized carbons (Fsp3) is 0.242. The van der Waals surface area contributed by atoms with Crippen LogP contribution >= 0.6 is 11.6 Å². The van der Waals surface area contributed by atoms with Crippen LogP contribution in [0.15, 0.2) is 90.3 Å². The Bertz CT molecular complexity index is 1600. The van der Waals surface area contributed by atoms with Crippen LogP contribution in [0.5, 0.6) is 11.5 Å². The number of fused-ring (bicyclic) bond motifs is 2. The third kappa shape index (κ3) is 5.56. The van der Waals surface area contributed by atoms with Crippen molar-refractivity contribution in [1.29, 1.82) is 0 Å². The third-order valence-electron chi connectivity index (χ3n) is 7.37. The molecule has 8 heteroatoms. The van der Waals surface area contributed by atoms with Crippen molar-refractivity contribution in [1.82, 2.24) is 0 Å². The highest BCUT2D eigenvalue weighted by Gasteiger charge is 2.40. The van der Waals surface area contributed by atoms with Crippen LogP contribution < -0.4 is 19.7 Å². The lowest BCUT2D eigenvalue weighted by Gasteiger charge is -2.36. The normalized spacial score (nSPS) is 15.4. The molecule has 0 saturated heterocycles. The number of benzene rings is 4. The summed E-state index contributed by atoms with van der Waals surface area (Å²) in [5.41, 5.74) is 2.44. The first-order valence-corrected chi connectivity index (χ1v) is 13.9. The summed E-state index contributed by atoms with van der Waals surface area (Å²) in [6, 6.07) is 23.8. The van der Waals surface area contributed by atoms with Crippen LogP contribution in [-0.4, -0.2) is 42.8 Å². The van der Waals surface area contributed by atoms with Crippen LogP contribution in [-0.2, 0) is 11.2 Å². The quantitative estimate of drug-likeness (QED) is 0.192. The van der Waals surface area contributed by atoms with Crippen LogP contribution in [0.1, 0.15) is 30.6 Å². The smallest absolute Gasteiger partial charge is 0.201 e. The average molecular weight is 573 g/mol. The number of aliphatic hydroxyl groups excluding tert-OH is 2. The number of hydrogen-bond donors (Lipinski definition) is 3. The molecule has 0 aromatic heterocycles. The van der Waals surface area contributed by atoms with Crippen molar-refractivity contribution < 1.29 is 24.5 Å². The molecule has 5 rings (SSSR count). The fourth-order valence-corrected chi connectivity index (χ4v) is 5.52. The van der Waals surface area contributed by atoms with E-state index in [9.17, 15) is 15.0 Å². The van der Waals surface area contributed by atoms with Crippen molar-refractivity contribution >= 4 is 39.5 Å². The van der Waals surface area contributed by atoms with E-state index in [2.05, 4.69) is 5.32 Å². The van der Waals surface area contributed by atoms with Crippen LogP contribution in [0.25, 0.3) is 10.8 Å². The van der Waals surface area contributed by atoms with Gasteiger partial charge in [-0.3, -0.25) is 4.79 Å². The molecule has 0 amide bonds. The number of ketones is 1. The molecular weight excluding hydrogens is 540 g/mol. The topological polar surface area (TPSA) is 91.3 Å². The maximum absolute atomic E-state index is 14.4. The summed E-state index contributed by atoms with van der Waals surface area (Å²) in [5, 5.41) is 29.3. The van der Waals surface area contributed by atoms with Crippen molar-refractivity contribution in [2.45, 2.75) is 31.9 Å². The monoisotopic (exact) mass is 572 g/mol. The zero-order valence-corrected chi connectivity index (χ0v) is 24.0. The van der Waals surface area contributed by atoms with Gasteiger partial charge in [-0.1, -0.05) is 61.0 Å². The first kappa shape index (κ1) is 28.3. The van der Waals surface area contributed by atoms with Gasteiger partial charge in [-0.25, -0.2) is 0 Å². The molecule has 0 spiro atoms. The standard InChI is InChI=1S/C33H33ClN2O5/c1-4-17-36-26-15-16-27(40-2)32(41-3)28(26)31(38)29(33(36)39)30(37)25(18-20-9-12-23(34)13-10-20)35-24-14-11-21-7-5-6-8-22(21)19-24/h5-16,19,25,31,35,38-39H,4,17-18H2,1-3H3. The highest BCUT2D eigenvalue weighted by molar-refractivity contribution is 6.30. The summed E-state index contributed by atoms with van der Waals surface area (Å²) in [6.07, 6.45) is -0.456. The largest absolute Gasteiger partial charge is 0.494 e. The van der Waals surface area contributed by atoms with Crippen molar-refractivity contribution in [2.75, 3.05) is 31.0 Å². The van der Waals surface area contributed by atoms with E-state index in [1.54, 1.807) is 29.2 Å². The van der Waals surface area contributed by atoms with E-state index in [1.165, 1.54) is 14.2 Å². The zero-order chi connectivity index (χ0) is 29.1. The molecule has 0 saturated carbocycles. The summed E-state index contributed by atoms with van der Waals surface area (Å²) >= 11 is 6.12. The molecular formula is C33H33ClN2O5. The third-order valence-corrected chi connectivity index (χ3v) is 7.62. The molecule has 0 bridgehead atoms. The van der Waals surface area contributed by atoms with E-state index in [1.807, 2.05) is 61.5 Å². The molecule has 7 nitrogen and oxygen atoms in total. The molecule has 1 heterocycles. The van der Waals surface area contributed by atoms with Gasteiger partial charge in [-0.05, 0) is 59.2 Å². The van der Waals surface area contributed by atoms with E-state index < -0.39 is 17.9 Å². The van der Waals surface area contributed by atoms with Gasteiger partial charge in [0.05, 0.1) is 37.1 Å². The molecule has 1 aliphatic heterocycles. The van der Waals surface area contributed by atoms with Crippen molar-refractivity contribution in [3.05, 3.63) is 106 Å². The lowest BCUT2D eigenvalue weighted by molar-refractivity contribution is -0.117. The molecule has 4 aromatic carbocycles.